The first kappa shape index (κ1) is 12.1. The Kier molecular flexibility index (Phi) is 4.15. The molecule has 1 rings (SSSR count). The van der Waals surface area contributed by atoms with Crippen LogP contribution in [0.5, 0.6) is 5.75 Å². The lowest BCUT2D eigenvalue weighted by Crippen LogP contribution is -2.31. The molecule has 1 atom stereocenters. The average Bonchev–Trinajstić information content (AvgIpc) is 2.22. The molecule has 1 aromatic carbocycles. The van der Waals surface area contributed by atoms with Crippen LogP contribution in [0, 0.1) is 5.41 Å². The zero-order chi connectivity index (χ0) is 11.3. The third-order valence-corrected chi connectivity index (χ3v) is 3.02. The standard InChI is InChI=1S/C13H21NO/c1-4-13(2,10-14-3)9-11-5-7-12(15)8-6-11/h5-8,14-15H,4,9-10H2,1-3H3. The number of hydrogen-bond acceptors (Lipinski definition) is 2. The van der Waals surface area contributed by atoms with Crippen molar-refractivity contribution in [3.8, 4) is 5.75 Å². The predicted octanol–water partition coefficient (Wildman–Crippen LogP) is 2.57. The highest BCUT2D eigenvalue weighted by molar-refractivity contribution is 5.26. The predicted molar refractivity (Wildman–Crippen MR) is 64.1 cm³/mol. The van der Waals surface area contributed by atoms with Crippen molar-refractivity contribution in [1.82, 2.24) is 5.32 Å². The monoisotopic (exact) mass is 207 g/mol. The Morgan fingerprint density at radius 2 is 1.87 bits per heavy atom. The van der Waals surface area contributed by atoms with Crippen molar-refractivity contribution in [3.63, 3.8) is 0 Å². The van der Waals surface area contributed by atoms with E-state index in [9.17, 15) is 5.11 Å². The third-order valence-electron chi connectivity index (χ3n) is 3.02. The minimum atomic E-state index is 0.297. The van der Waals surface area contributed by atoms with Gasteiger partial charge in [-0.25, -0.2) is 0 Å². The second-order valence-electron chi connectivity index (χ2n) is 4.54. The molecule has 0 saturated heterocycles. The molecule has 1 aromatic rings. The molecule has 1 unspecified atom stereocenters. The highest BCUT2D eigenvalue weighted by Crippen LogP contribution is 2.26. The van der Waals surface area contributed by atoms with Gasteiger partial charge in [-0.2, -0.15) is 0 Å². The van der Waals surface area contributed by atoms with Crippen LogP contribution in [0.15, 0.2) is 24.3 Å². The van der Waals surface area contributed by atoms with Gasteiger partial charge in [0.2, 0.25) is 0 Å². The molecule has 0 saturated carbocycles. The minimum Gasteiger partial charge on any atom is -0.508 e. The summed E-state index contributed by atoms with van der Waals surface area (Å²) in [5.74, 6) is 0.338. The van der Waals surface area contributed by atoms with Crippen LogP contribution in [0.4, 0.5) is 0 Å². The van der Waals surface area contributed by atoms with Crippen LogP contribution >= 0.6 is 0 Å². The van der Waals surface area contributed by atoms with E-state index in [0.717, 1.165) is 19.4 Å². The molecule has 84 valence electrons. The first-order chi connectivity index (χ1) is 7.09. The van der Waals surface area contributed by atoms with E-state index in [1.54, 1.807) is 12.1 Å². The fourth-order valence-electron chi connectivity index (χ4n) is 1.85. The number of phenols is 1. The van der Waals surface area contributed by atoms with Crippen LogP contribution in [-0.4, -0.2) is 18.7 Å². The van der Waals surface area contributed by atoms with Crippen molar-refractivity contribution in [1.29, 1.82) is 0 Å². The highest BCUT2D eigenvalue weighted by atomic mass is 16.3. The van der Waals surface area contributed by atoms with E-state index in [2.05, 4.69) is 19.2 Å². The molecule has 0 aliphatic rings. The molecule has 0 aliphatic heterocycles. The van der Waals surface area contributed by atoms with Crippen molar-refractivity contribution < 1.29 is 5.11 Å². The molecule has 2 nitrogen and oxygen atoms in total. The molecule has 0 amide bonds. The van der Waals surface area contributed by atoms with Gasteiger partial charge >= 0.3 is 0 Å². The summed E-state index contributed by atoms with van der Waals surface area (Å²) in [6, 6.07) is 7.51. The van der Waals surface area contributed by atoms with E-state index in [1.165, 1.54) is 5.56 Å². The SMILES string of the molecule is CCC(C)(CNC)Cc1ccc(O)cc1. The van der Waals surface area contributed by atoms with Crippen molar-refractivity contribution in [2.75, 3.05) is 13.6 Å². The maximum Gasteiger partial charge on any atom is 0.115 e. The molecular formula is C13H21NO. The maximum atomic E-state index is 9.20. The number of nitrogens with one attached hydrogen (secondary N) is 1. The smallest absolute Gasteiger partial charge is 0.115 e. The van der Waals surface area contributed by atoms with Crippen molar-refractivity contribution in [3.05, 3.63) is 29.8 Å². The topological polar surface area (TPSA) is 32.3 Å². The Morgan fingerprint density at radius 1 is 1.27 bits per heavy atom. The highest BCUT2D eigenvalue weighted by Gasteiger charge is 2.21. The summed E-state index contributed by atoms with van der Waals surface area (Å²) in [7, 11) is 1.99. The normalized spacial score (nSPS) is 14.9. The summed E-state index contributed by atoms with van der Waals surface area (Å²) in [6.07, 6.45) is 2.19. The molecule has 2 heteroatoms. The zero-order valence-electron chi connectivity index (χ0n) is 9.88. The lowest BCUT2D eigenvalue weighted by molar-refractivity contribution is 0.299. The quantitative estimate of drug-likeness (QED) is 0.777. The molecule has 0 fully saturated rings. The average molecular weight is 207 g/mol. The van der Waals surface area contributed by atoms with Crippen LogP contribution in [-0.2, 0) is 6.42 Å². The lowest BCUT2D eigenvalue weighted by atomic mass is 9.81. The van der Waals surface area contributed by atoms with Gasteiger partial charge in [0, 0.05) is 6.54 Å². The summed E-state index contributed by atoms with van der Waals surface area (Å²) in [5.41, 5.74) is 1.58. The first-order valence-corrected chi connectivity index (χ1v) is 5.52. The van der Waals surface area contributed by atoms with Gasteiger partial charge in [0.15, 0.2) is 0 Å². The van der Waals surface area contributed by atoms with E-state index in [4.69, 9.17) is 0 Å². The van der Waals surface area contributed by atoms with E-state index < -0.39 is 0 Å². The van der Waals surface area contributed by atoms with E-state index in [1.807, 2.05) is 19.2 Å². The number of benzene rings is 1. The fourth-order valence-corrected chi connectivity index (χ4v) is 1.85. The molecule has 0 bridgehead atoms. The summed E-state index contributed by atoms with van der Waals surface area (Å²) in [4.78, 5) is 0. The lowest BCUT2D eigenvalue weighted by Gasteiger charge is -2.28. The van der Waals surface area contributed by atoms with Crippen LogP contribution < -0.4 is 5.32 Å². The van der Waals surface area contributed by atoms with Crippen molar-refractivity contribution in [2.24, 2.45) is 5.41 Å². The molecule has 0 aliphatic carbocycles. The molecule has 0 spiro atoms. The summed E-state index contributed by atoms with van der Waals surface area (Å²) in [5, 5.41) is 12.4. The maximum absolute atomic E-state index is 9.20. The number of aromatic hydroxyl groups is 1. The molecule has 2 N–H and O–H groups in total. The number of hydrogen-bond donors (Lipinski definition) is 2. The second kappa shape index (κ2) is 5.17. The van der Waals surface area contributed by atoms with Crippen LogP contribution in [0.25, 0.3) is 0 Å². The van der Waals surface area contributed by atoms with Gasteiger partial charge in [-0.05, 0) is 43.0 Å². The van der Waals surface area contributed by atoms with Crippen LogP contribution in [0.2, 0.25) is 0 Å². The van der Waals surface area contributed by atoms with Gasteiger partial charge in [0.1, 0.15) is 5.75 Å². The molecule has 15 heavy (non-hydrogen) atoms. The summed E-state index contributed by atoms with van der Waals surface area (Å²) in [6.45, 7) is 5.53. The van der Waals surface area contributed by atoms with Crippen molar-refractivity contribution in [2.45, 2.75) is 26.7 Å². The molecular weight excluding hydrogens is 186 g/mol. The Hall–Kier alpha value is -1.02. The third kappa shape index (κ3) is 3.56. The van der Waals surface area contributed by atoms with Gasteiger partial charge in [0.25, 0.3) is 0 Å². The van der Waals surface area contributed by atoms with Gasteiger partial charge in [0.05, 0.1) is 0 Å². The van der Waals surface area contributed by atoms with Crippen molar-refractivity contribution >= 4 is 0 Å². The Morgan fingerprint density at radius 3 is 2.33 bits per heavy atom. The van der Waals surface area contributed by atoms with E-state index in [-0.39, 0.29) is 0 Å². The Balaban J connectivity index is 2.70. The van der Waals surface area contributed by atoms with E-state index in [0.29, 0.717) is 11.2 Å². The molecule has 0 aromatic heterocycles. The summed E-state index contributed by atoms with van der Waals surface area (Å²) >= 11 is 0. The molecule has 0 radical (unpaired) electrons. The van der Waals surface area contributed by atoms with Gasteiger partial charge in [-0.1, -0.05) is 26.0 Å². The first-order valence-electron chi connectivity index (χ1n) is 5.52. The zero-order valence-corrected chi connectivity index (χ0v) is 9.88. The fraction of sp³-hybridized carbons (Fsp3) is 0.538. The number of rotatable bonds is 5. The minimum absolute atomic E-state index is 0.297. The Labute approximate surface area is 92.3 Å². The second-order valence-corrected chi connectivity index (χ2v) is 4.54. The largest absolute Gasteiger partial charge is 0.508 e. The van der Waals surface area contributed by atoms with Crippen LogP contribution in [0.3, 0.4) is 0 Å². The van der Waals surface area contributed by atoms with Crippen LogP contribution in [0.1, 0.15) is 25.8 Å². The van der Waals surface area contributed by atoms with E-state index >= 15 is 0 Å². The molecule has 0 heterocycles. The van der Waals surface area contributed by atoms with Gasteiger partial charge in [-0.3, -0.25) is 0 Å². The number of phenolic OH excluding ortho intramolecular Hbond substituents is 1. The summed E-state index contributed by atoms with van der Waals surface area (Å²) < 4.78 is 0. The van der Waals surface area contributed by atoms with Gasteiger partial charge < -0.3 is 10.4 Å². The van der Waals surface area contributed by atoms with Gasteiger partial charge in [-0.15, -0.1) is 0 Å². The Bertz CT molecular complexity index is 294.